The first-order chi connectivity index (χ1) is 7.24. The van der Waals surface area contributed by atoms with Gasteiger partial charge in [0, 0.05) is 0 Å². The maximum atomic E-state index is 11.5. The predicted molar refractivity (Wildman–Crippen MR) is 57.5 cm³/mol. The van der Waals surface area contributed by atoms with Gasteiger partial charge in [-0.25, -0.2) is 0 Å². The van der Waals surface area contributed by atoms with Gasteiger partial charge in [0.25, 0.3) is 0 Å². The molecule has 0 atom stereocenters. The van der Waals surface area contributed by atoms with E-state index in [-0.39, 0.29) is 12.3 Å². The third-order valence-electron chi connectivity index (χ3n) is 1.97. The second kappa shape index (κ2) is 5.36. The molecule has 1 rings (SSSR count). The SMILES string of the molecule is CCOc1cccc(C(=O)CN)c1OC. The smallest absolute Gasteiger partial charge is 0.180 e. The summed E-state index contributed by atoms with van der Waals surface area (Å²) in [4.78, 5) is 11.5. The van der Waals surface area contributed by atoms with Crippen molar-refractivity contribution in [3.63, 3.8) is 0 Å². The molecule has 0 bridgehead atoms. The molecule has 0 saturated heterocycles. The Labute approximate surface area is 89.0 Å². The van der Waals surface area contributed by atoms with Crippen molar-refractivity contribution in [2.75, 3.05) is 20.3 Å². The fourth-order valence-electron chi connectivity index (χ4n) is 1.33. The van der Waals surface area contributed by atoms with Gasteiger partial charge in [-0.1, -0.05) is 6.07 Å². The first kappa shape index (κ1) is 11.5. The zero-order valence-electron chi connectivity index (χ0n) is 8.95. The molecule has 0 aliphatic rings. The summed E-state index contributed by atoms with van der Waals surface area (Å²) in [6.45, 7) is 2.36. The van der Waals surface area contributed by atoms with Crippen LogP contribution in [0, 0.1) is 0 Å². The second-order valence-corrected chi connectivity index (χ2v) is 2.90. The van der Waals surface area contributed by atoms with Crippen LogP contribution in [0.25, 0.3) is 0 Å². The molecule has 0 spiro atoms. The number of hydrogen-bond acceptors (Lipinski definition) is 4. The highest BCUT2D eigenvalue weighted by atomic mass is 16.5. The Hall–Kier alpha value is -1.55. The van der Waals surface area contributed by atoms with Crippen LogP contribution in [0.4, 0.5) is 0 Å². The molecule has 0 radical (unpaired) electrons. The van der Waals surface area contributed by atoms with Crippen molar-refractivity contribution in [3.05, 3.63) is 23.8 Å². The number of Topliss-reactive ketones (excluding diaryl/α,β-unsaturated/α-hetero) is 1. The molecule has 0 amide bonds. The van der Waals surface area contributed by atoms with Crippen LogP contribution in [0.3, 0.4) is 0 Å². The number of rotatable bonds is 5. The number of benzene rings is 1. The van der Waals surface area contributed by atoms with Crippen molar-refractivity contribution in [1.82, 2.24) is 0 Å². The van der Waals surface area contributed by atoms with Gasteiger partial charge in [0.15, 0.2) is 17.3 Å². The van der Waals surface area contributed by atoms with Gasteiger partial charge in [-0.3, -0.25) is 4.79 Å². The van der Waals surface area contributed by atoms with E-state index in [4.69, 9.17) is 15.2 Å². The quantitative estimate of drug-likeness (QED) is 0.741. The first-order valence-electron chi connectivity index (χ1n) is 4.77. The van der Waals surface area contributed by atoms with E-state index in [1.807, 2.05) is 6.92 Å². The number of hydrogen-bond donors (Lipinski definition) is 1. The van der Waals surface area contributed by atoms with Crippen molar-refractivity contribution < 1.29 is 14.3 Å². The van der Waals surface area contributed by atoms with Crippen LogP contribution in [0.5, 0.6) is 11.5 Å². The molecule has 82 valence electrons. The largest absolute Gasteiger partial charge is 0.492 e. The summed E-state index contributed by atoms with van der Waals surface area (Å²) in [7, 11) is 1.51. The molecule has 0 aliphatic carbocycles. The molecule has 1 aromatic rings. The zero-order valence-corrected chi connectivity index (χ0v) is 8.95. The molecule has 2 N–H and O–H groups in total. The van der Waals surface area contributed by atoms with Gasteiger partial charge in [0.05, 0.1) is 25.8 Å². The lowest BCUT2D eigenvalue weighted by atomic mass is 10.1. The highest BCUT2D eigenvalue weighted by Gasteiger charge is 2.14. The maximum Gasteiger partial charge on any atom is 0.180 e. The molecule has 15 heavy (non-hydrogen) atoms. The van der Waals surface area contributed by atoms with Crippen molar-refractivity contribution in [3.8, 4) is 11.5 Å². The molecule has 1 aromatic carbocycles. The van der Waals surface area contributed by atoms with Crippen LogP contribution in [-0.4, -0.2) is 26.0 Å². The highest BCUT2D eigenvalue weighted by Crippen LogP contribution is 2.31. The Kier molecular flexibility index (Phi) is 4.12. The first-order valence-corrected chi connectivity index (χ1v) is 4.77. The minimum Gasteiger partial charge on any atom is -0.492 e. The molecular formula is C11H15NO3. The summed E-state index contributed by atoms with van der Waals surface area (Å²) in [5.74, 6) is 0.863. The fraction of sp³-hybridized carbons (Fsp3) is 0.364. The van der Waals surface area contributed by atoms with Crippen LogP contribution < -0.4 is 15.2 Å². The van der Waals surface area contributed by atoms with Crippen LogP contribution in [0.1, 0.15) is 17.3 Å². The average Bonchev–Trinajstić information content (AvgIpc) is 2.28. The predicted octanol–water partition coefficient (Wildman–Crippen LogP) is 1.24. The van der Waals surface area contributed by atoms with Crippen LogP contribution in [0.2, 0.25) is 0 Å². The van der Waals surface area contributed by atoms with E-state index in [9.17, 15) is 4.79 Å². The standard InChI is InChI=1S/C11H15NO3/c1-3-15-10-6-4-5-8(9(13)7-12)11(10)14-2/h4-6H,3,7,12H2,1-2H3. The maximum absolute atomic E-state index is 11.5. The Morgan fingerprint density at radius 1 is 1.47 bits per heavy atom. The van der Waals surface area contributed by atoms with Gasteiger partial charge in [0.2, 0.25) is 0 Å². The summed E-state index contributed by atoms with van der Waals surface area (Å²) in [5.41, 5.74) is 5.77. The molecule has 0 heterocycles. The number of para-hydroxylation sites is 1. The van der Waals surface area contributed by atoms with Gasteiger partial charge in [-0.05, 0) is 19.1 Å². The topological polar surface area (TPSA) is 61.5 Å². The number of carbonyl (C=O) groups is 1. The summed E-state index contributed by atoms with van der Waals surface area (Å²) in [6, 6.07) is 5.18. The molecule has 0 unspecified atom stereocenters. The molecule has 0 fully saturated rings. The second-order valence-electron chi connectivity index (χ2n) is 2.90. The third kappa shape index (κ3) is 2.47. The molecule has 0 aromatic heterocycles. The normalized spacial score (nSPS) is 9.80. The lowest BCUT2D eigenvalue weighted by molar-refractivity contribution is 0.0997. The Morgan fingerprint density at radius 3 is 2.73 bits per heavy atom. The number of carbonyl (C=O) groups excluding carboxylic acids is 1. The Bertz CT molecular complexity index is 350. The van der Waals surface area contributed by atoms with Crippen molar-refractivity contribution in [2.45, 2.75) is 6.92 Å². The van der Waals surface area contributed by atoms with E-state index < -0.39 is 0 Å². The molecule has 4 nitrogen and oxygen atoms in total. The van der Waals surface area contributed by atoms with Gasteiger partial charge >= 0.3 is 0 Å². The van der Waals surface area contributed by atoms with E-state index in [2.05, 4.69) is 0 Å². The molecular weight excluding hydrogens is 194 g/mol. The van der Waals surface area contributed by atoms with Gasteiger partial charge in [-0.15, -0.1) is 0 Å². The summed E-state index contributed by atoms with van der Waals surface area (Å²) in [5, 5.41) is 0. The zero-order chi connectivity index (χ0) is 11.3. The summed E-state index contributed by atoms with van der Waals surface area (Å²) >= 11 is 0. The van der Waals surface area contributed by atoms with E-state index in [0.29, 0.717) is 23.7 Å². The van der Waals surface area contributed by atoms with Crippen molar-refractivity contribution in [2.24, 2.45) is 5.73 Å². The highest BCUT2D eigenvalue weighted by molar-refractivity contribution is 6.00. The van der Waals surface area contributed by atoms with Gasteiger partial charge < -0.3 is 15.2 Å². The number of ketones is 1. The van der Waals surface area contributed by atoms with Crippen LogP contribution in [0.15, 0.2) is 18.2 Å². The van der Waals surface area contributed by atoms with E-state index >= 15 is 0 Å². The number of methoxy groups -OCH3 is 1. The van der Waals surface area contributed by atoms with Crippen LogP contribution in [-0.2, 0) is 0 Å². The fourth-order valence-corrected chi connectivity index (χ4v) is 1.33. The lowest BCUT2D eigenvalue weighted by Gasteiger charge is -2.12. The third-order valence-corrected chi connectivity index (χ3v) is 1.97. The number of ether oxygens (including phenoxy) is 2. The average molecular weight is 209 g/mol. The summed E-state index contributed by atoms with van der Waals surface area (Å²) in [6.07, 6.45) is 0. The Balaban J connectivity index is 3.15. The molecule has 0 aliphatic heterocycles. The van der Waals surface area contributed by atoms with E-state index in [1.54, 1.807) is 18.2 Å². The van der Waals surface area contributed by atoms with E-state index in [0.717, 1.165) is 0 Å². The van der Waals surface area contributed by atoms with Crippen LogP contribution >= 0.6 is 0 Å². The van der Waals surface area contributed by atoms with Gasteiger partial charge in [0.1, 0.15) is 0 Å². The van der Waals surface area contributed by atoms with E-state index in [1.165, 1.54) is 7.11 Å². The Morgan fingerprint density at radius 2 is 2.20 bits per heavy atom. The molecule has 0 saturated carbocycles. The lowest BCUT2D eigenvalue weighted by Crippen LogP contribution is -2.15. The number of nitrogens with two attached hydrogens (primary N) is 1. The van der Waals surface area contributed by atoms with Crippen molar-refractivity contribution in [1.29, 1.82) is 0 Å². The minimum absolute atomic E-state index is 0.0358. The van der Waals surface area contributed by atoms with Crippen molar-refractivity contribution >= 4 is 5.78 Å². The molecule has 4 heteroatoms. The summed E-state index contributed by atoms with van der Waals surface area (Å²) < 4.78 is 10.5. The monoisotopic (exact) mass is 209 g/mol. The minimum atomic E-state index is -0.159. The van der Waals surface area contributed by atoms with Gasteiger partial charge in [-0.2, -0.15) is 0 Å².